The normalized spacial score (nSPS) is 11.5. The maximum atomic E-state index is 4.77. The lowest BCUT2D eigenvalue weighted by molar-refractivity contribution is 0.618. The summed E-state index contributed by atoms with van der Waals surface area (Å²) in [5.74, 6) is 2.88. The van der Waals surface area contributed by atoms with Crippen LogP contribution in [-0.2, 0) is 6.42 Å². The number of imidazole rings is 1. The van der Waals surface area contributed by atoms with Crippen molar-refractivity contribution >= 4 is 11.0 Å². The Morgan fingerprint density at radius 3 is 2.83 bits per heavy atom. The monoisotopic (exact) mass is 318 g/mol. The minimum Gasteiger partial charge on any atom is -0.345 e. The predicted molar refractivity (Wildman–Crippen MR) is 92.8 cm³/mol. The highest BCUT2D eigenvalue weighted by Gasteiger charge is 2.15. The summed E-state index contributed by atoms with van der Waals surface area (Å²) in [5, 5.41) is 4.68. The Hall–Kier alpha value is -3.02. The number of hydrogen-bond acceptors (Lipinski definition) is 4. The van der Waals surface area contributed by atoms with Crippen LogP contribution in [0.1, 0.15) is 19.7 Å². The second-order valence-electron chi connectivity index (χ2n) is 6.18. The maximum absolute atomic E-state index is 4.77. The zero-order chi connectivity index (χ0) is 16.5. The van der Waals surface area contributed by atoms with Gasteiger partial charge in [0, 0.05) is 18.2 Å². The molecule has 0 aliphatic heterocycles. The van der Waals surface area contributed by atoms with E-state index in [-0.39, 0.29) is 0 Å². The van der Waals surface area contributed by atoms with Gasteiger partial charge in [-0.15, -0.1) is 5.10 Å². The number of benzene rings is 1. The highest BCUT2D eigenvalue weighted by atomic mass is 15.4. The minimum atomic E-state index is 0.493. The molecular formula is C18H18N6. The molecule has 1 aromatic carbocycles. The van der Waals surface area contributed by atoms with Gasteiger partial charge in [0.2, 0.25) is 0 Å². The predicted octanol–water partition coefficient (Wildman–Crippen LogP) is 3.40. The van der Waals surface area contributed by atoms with Crippen molar-refractivity contribution in [1.29, 1.82) is 0 Å². The van der Waals surface area contributed by atoms with E-state index in [9.17, 15) is 0 Å². The first-order valence-corrected chi connectivity index (χ1v) is 8.01. The molecule has 0 aliphatic carbocycles. The lowest BCUT2D eigenvalue weighted by Crippen LogP contribution is -2.02. The van der Waals surface area contributed by atoms with Gasteiger partial charge in [-0.25, -0.2) is 15.0 Å². The van der Waals surface area contributed by atoms with Crippen LogP contribution >= 0.6 is 0 Å². The molecule has 3 heterocycles. The average Bonchev–Trinajstić information content (AvgIpc) is 3.21. The van der Waals surface area contributed by atoms with Crippen molar-refractivity contribution in [3.05, 3.63) is 54.7 Å². The number of aromatic amines is 1. The summed E-state index contributed by atoms with van der Waals surface area (Å²) >= 11 is 0. The summed E-state index contributed by atoms with van der Waals surface area (Å²) in [6.07, 6.45) is 4.29. The molecule has 0 fully saturated rings. The molecule has 6 nitrogen and oxygen atoms in total. The quantitative estimate of drug-likeness (QED) is 0.626. The molecule has 0 saturated heterocycles. The fourth-order valence-electron chi connectivity index (χ4n) is 2.71. The fraction of sp³-hybridized carbons (Fsp3) is 0.222. The third kappa shape index (κ3) is 2.67. The topological polar surface area (TPSA) is 72.3 Å². The minimum absolute atomic E-state index is 0.493. The van der Waals surface area contributed by atoms with Gasteiger partial charge in [-0.3, -0.25) is 0 Å². The van der Waals surface area contributed by atoms with Crippen LogP contribution in [0.5, 0.6) is 0 Å². The van der Waals surface area contributed by atoms with Crippen molar-refractivity contribution in [2.24, 2.45) is 5.92 Å². The molecule has 120 valence electrons. The standard InChI is InChI=1S/C18H18N6/c1-12(2)9-16-22-18(24(23-16)17-5-3-4-8-19-17)13-6-7-14-15(10-13)21-11-20-14/h3-8,10-12H,9H2,1-2H3,(H,20,21). The second-order valence-corrected chi connectivity index (χ2v) is 6.18. The number of nitrogens with one attached hydrogen (secondary N) is 1. The number of hydrogen-bond donors (Lipinski definition) is 1. The Bertz CT molecular complexity index is 968. The Morgan fingerprint density at radius 1 is 1.12 bits per heavy atom. The van der Waals surface area contributed by atoms with E-state index in [1.165, 1.54) is 0 Å². The molecule has 6 heteroatoms. The van der Waals surface area contributed by atoms with E-state index in [1.54, 1.807) is 12.5 Å². The van der Waals surface area contributed by atoms with Gasteiger partial charge in [0.25, 0.3) is 0 Å². The van der Waals surface area contributed by atoms with E-state index in [0.29, 0.717) is 5.92 Å². The van der Waals surface area contributed by atoms with Crippen LogP contribution in [0.25, 0.3) is 28.2 Å². The van der Waals surface area contributed by atoms with E-state index in [4.69, 9.17) is 4.98 Å². The Labute approximate surface area is 139 Å². The third-order valence-corrected chi connectivity index (χ3v) is 3.79. The summed E-state index contributed by atoms with van der Waals surface area (Å²) in [4.78, 5) is 16.6. The fourth-order valence-corrected chi connectivity index (χ4v) is 2.71. The van der Waals surface area contributed by atoms with Gasteiger partial charge in [-0.2, -0.15) is 4.68 Å². The number of H-pyrrole nitrogens is 1. The van der Waals surface area contributed by atoms with Crippen LogP contribution < -0.4 is 0 Å². The van der Waals surface area contributed by atoms with Gasteiger partial charge in [-0.05, 0) is 36.2 Å². The number of aromatic nitrogens is 6. The molecule has 24 heavy (non-hydrogen) atoms. The maximum Gasteiger partial charge on any atom is 0.165 e. The zero-order valence-electron chi connectivity index (χ0n) is 13.6. The van der Waals surface area contributed by atoms with Crippen LogP contribution in [0.4, 0.5) is 0 Å². The molecule has 0 bridgehead atoms. The number of fused-ring (bicyclic) bond motifs is 1. The second kappa shape index (κ2) is 5.88. The van der Waals surface area contributed by atoms with E-state index < -0.39 is 0 Å². The molecule has 3 aromatic heterocycles. The van der Waals surface area contributed by atoms with Gasteiger partial charge in [0.15, 0.2) is 17.5 Å². The SMILES string of the molecule is CC(C)Cc1nc(-c2ccc3nc[nH]c3c2)n(-c2ccccn2)n1. The summed E-state index contributed by atoms with van der Waals surface area (Å²) in [5.41, 5.74) is 2.90. The molecule has 0 amide bonds. The average molecular weight is 318 g/mol. The van der Waals surface area contributed by atoms with Crippen molar-refractivity contribution in [2.75, 3.05) is 0 Å². The van der Waals surface area contributed by atoms with E-state index in [2.05, 4.69) is 33.9 Å². The largest absolute Gasteiger partial charge is 0.345 e. The number of nitrogens with zero attached hydrogens (tertiary/aromatic N) is 5. The Kier molecular flexibility index (Phi) is 3.57. The van der Waals surface area contributed by atoms with Gasteiger partial charge >= 0.3 is 0 Å². The van der Waals surface area contributed by atoms with E-state index >= 15 is 0 Å². The van der Waals surface area contributed by atoms with Crippen LogP contribution in [0.3, 0.4) is 0 Å². The van der Waals surface area contributed by atoms with Crippen molar-refractivity contribution in [2.45, 2.75) is 20.3 Å². The van der Waals surface area contributed by atoms with Gasteiger partial charge in [-0.1, -0.05) is 19.9 Å². The molecule has 0 radical (unpaired) electrons. The Balaban J connectivity index is 1.87. The molecule has 0 saturated carbocycles. The molecule has 0 spiro atoms. The molecule has 0 unspecified atom stereocenters. The first-order chi connectivity index (χ1) is 11.7. The van der Waals surface area contributed by atoms with Gasteiger partial charge in [0.05, 0.1) is 17.4 Å². The number of rotatable bonds is 4. The summed E-state index contributed by atoms with van der Waals surface area (Å²) in [6, 6.07) is 11.8. The molecular weight excluding hydrogens is 300 g/mol. The van der Waals surface area contributed by atoms with Crippen molar-refractivity contribution in [3.8, 4) is 17.2 Å². The molecule has 4 rings (SSSR count). The first kappa shape index (κ1) is 14.6. The van der Waals surface area contributed by atoms with Crippen LogP contribution in [-0.4, -0.2) is 29.7 Å². The molecule has 1 N–H and O–H groups in total. The Morgan fingerprint density at radius 2 is 2.04 bits per heavy atom. The molecule has 0 aliphatic rings. The van der Waals surface area contributed by atoms with E-state index in [0.717, 1.165) is 40.5 Å². The van der Waals surface area contributed by atoms with Crippen molar-refractivity contribution in [3.63, 3.8) is 0 Å². The van der Waals surface area contributed by atoms with Gasteiger partial charge in [0.1, 0.15) is 0 Å². The first-order valence-electron chi connectivity index (χ1n) is 8.01. The highest BCUT2D eigenvalue weighted by Crippen LogP contribution is 2.24. The lowest BCUT2D eigenvalue weighted by Gasteiger charge is -2.04. The summed E-state index contributed by atoms with van der Waals surface area (Å²) in [6.45, 7) is 4.33. The lowest BCUT2D eigenvalue weighted by atomic mass is 10.1. The smallest absolute Gasteiger partial charge is 0.165 e. The molecule has 0 atom stereocenters. The third-order valence-electron chi connectivity index (χ3n) is 3.79. The zero-order valence-corrected chi connectivity index (χ0v) is 13.6. The van der Waals surface area contributed by atoms with Crippen LogP contribution in [0.15, 0.2) is 48.9 Å². The highest BCUT2D eigenvalue weighted by molar-refractivity contribution is 5.80. The van der Waals surface area contributed by atoms with Crippen molar-refractivity contribution in [1.82, 2.24) is 29.7 Å². The van der Waals surface area contributed by atoms with Crippen molar-refractivity contribution < 1.29 is 0 Å². The van der Waals surface area contributed by atoms with Crippen LogP contribution in [0, 0.1) is 5.92 Å². The summed E-state index contributed by atoms with van der Waals surface area (Å²) < 4.78 is 1.81. The van der Waals surface area contributed by atoms with E-state index in [1.807, 2.05) is 41.1 Å². The molecule has 4 aromatic rings. The summed E-state index contributed by atoms with van der Waals surface area (Å²) in [7, 11) is 0. The van der Waals surface area contributed by atoms with Crippen LogP contribution in [0.2, 0.25) is 0 Å². The van der Waals surface area contributed by atoms with Gasteiger partial charge < -0.3 is 4.98 Å². The number of pyridine rings is 1.